The van der Waals surface area contributed by atoms with Crippen LogP contribution in [0.4, 0.5) is 4.39 Å². The van der Waals surface area contributed by atoms with Crippen LogP contribution in [-0.2, 0) is 0 Å². The predicted octanol–water partition coefficient (Wildman–Crippen LogP) is 4.90. The molecule has 0 saturated carbocycles. The third-order valence-corrected chi connectivity index (χ3v) is 5.82. The Morgan fingerprint density at radius 1 is 1.10 bits per heavy atom. The summed E-state index contributed by atoms with van der Waals surface area (Å²) in [5.41, 5.74) is 1.82. The van der Waals surface area contributed by atoms with Crippen molar-refractivity contribution in [1.29, 1.82) is 0 Å². The van der Waals surface area contributed by atoms with Gasteiger partial charge in [-0.15, -0.1) is 12.4 Å². The molecule has 31 heavy (non-hydrogen) atoms. The minimum Gasteiger partial charge on any atom is -0.497 e. The van der Waals surface area contributed by atoms with Crippen molar-refractivity contribution in [1.82, 2.24) is 9.88 Å². The molecular weight excluding hydrogens is 419 g/mol. The second kappa shape index (κ2) is 10.1. The summed E-state index contributed by atoms with van der Waals surface area (Å²) in [5, 5.41) is 0.872. The van der Waals surface area contributed by atoms with Crippen LogP contribution < -0.4 is 10.3 Å². The van der Waals surface area contributed by atoms with Gasteiger partial charge in [0.1, 0.15) is 11.6 Å². The number of carbonyl (C=O) groups excluding carboxylic acids is 1. The fourth-order valence-electron chi connectivity index (χ4n) is 4.26. The number of hydrogen-bond acceptors (Lipinski definition) is 4. The summed E-state index contributed by atoms with van der Waals surface area (Å²) < 4.78 is 18.7. The molecule has 2 aromatic carbocycles. The maximum atomic E-state index is 13.3. The number of carbonyl (C=O) groups is 1. The van der Waals surface area contributed by atoms with Crippen molar-refractivity contribution in [3.05, 3.63) is 75.8 Å². The number of rotatable bonds is 6. The lowest BCUT2D eigenvalue weighted by atomic mass is 9.92. The van der Waals surface area contributed by atoms with E-state index in [0.717, 1.165) is 42.4 Å². The molecule has 0 bridgehead atoms. The molecule has 1 saturated heterocycles. The maximum Gasteiger partial charge on any atom is 0.248 e. The number of halogens is 2. The predicted molar refractivity (Wildman–Crippen MR) is 122 cm³/mol. The average molecular weight is 445 g/mol. The number of Topliss-reactive ketones (excluding diaryl/α,β-unsaturated/α-hetero) is 1. The van der Waals surface area contributed by atoms with Crippen LogP contribution in [0, 0.1) is 5.82 Å². The maximum absolute atomic E-state index is 13.3. The van der Waals surface area contributed by atoms with Gasteiger partial charge in [-0.05, 0) is 74.0 Å². The molecule has 1 aromatic heterocycles. The third kappa shape index (κ3) is 5.14. The lowest BCUT2D eigenvalue weighted by Crippen LogP contribution is -2.35. The highest BCUT2D eigenvalue weighted by Crippen LogP contribution is 2.33. The topological polar surface area (TPSA) is 62.4 Å². The zero-order valence-electron chi connectivity index (χ0n) is 17.4. The second-order valence-corrected chi connectivity index (χ2v) is 7.75. The van der Waals surface area contributed by atoms with E-state index in [4.69, 9.17) is 4.74 Å². The number of nitrogens with one attached hydrogen (secondary N) is 1. The number of piperidine rings is 1. The highest BCUT2D eigenvalue weighted by molar-refractivity contribution is 5.97. The number of ether oxygens (including phenoxy) is 1. The monoisotopic (exact) mass is 444 g/mol. The molecule has 1 N–H and O–H groups in total. The van der Waals surface area contributed by atoms with Crippen LogP contribution in [0.5, 0.6) is 5.75 Å². The van der Waals surface area contributed by atoms with E-state index in [2.05, 4.69) is 9.88 Å². The van der Waals surface area contributed by atoms with Crippen LogP contribution >= 0.6 is 12.4 Å². The average Bonchev–Trinajstić information content (AvgIpc) is 2.77. The first kappa shape index (κ1) is 23.0. The van der Waals surface area contributed by atoms with Crippen molar-refractivity contribution in [2.24, 2.45) is 0 Å². The minimum atomic E-state index is -0.369. The number of hydrogen-bond donors (Lipinski definition) is 1. The highest BCUT2D eigenvalue weighted by atomic mass is 35.5. The van der Waals surface area contributed by atoms with Crippen LogP contribution in [0.1, 0.15) is 47.6 Å². The zero-order valence-corrected chi connectivity index (χ0v) is 18.2. The van der Waals surface area contributed by atoms with E-state index < -0.39 is 0 Å². The van der Waals surface area contributed by atoms with Crippen LogP contribution in [0.15, 0.2) is 53.3 Å². The van der Waals surface area contributed by atoms with Crippen molar-refractivity contribution in [3.63, 3.8) is 0 Å². The Morgan fingerprint density at radius 2 is 1.81 bits per heavy atom. The number of H-pyrrole nitrogens is 1. The number of methoxy groups -OCH3 is 1. The van der Waals surface area contributed by atoms with E-state index in [1.807, 2.05) is 18.2 Å². The molecule has 5 nitrogen and oxygen atoms in total. The van der Waals surface area contributed by atoms with Gasteiger partial charge in [-0.3, -0.25) is 14.5 Å². The largest absolute Gasteiger partial charge is 0.497 e. The Morgan fingerprint density at radius 3 is 2.48 bits per heavy atom. The molecule has 0 aliphatic carbocycles. The van der Waals surface area contributed by atoms with Crippen LogP contribution in [0.2, 0.25) is 0 Å². The summed E-state index contributed by atoms with van der Waals surface area (Å²) in [6, 6.07) is 12.5. The van der Waals surface area contributed by atoms with Crippen molar-refractivity contribution in [3.8, 4) is 5.75 Å². The number of ketones is 1. The molecule has 164 valence electrons. The van der Waals surface area contributed by atoms with E-state index in [-0.39, 0.29) is 42.0 Å². The van der Waals surface area contributed by atoms with Crippen LogP contribution in [0.3, 0.4) is 0 Å². The van der Waals surface area contributed by atoms with Crippen LogP contribution in [-0.4, -0.2) is 35.9 Å². The lowest BCUT2D eigenvalue weighted by molar-refractivity contribution is 0.0896. The summed E-state index contributed by atoms with van der Waals surface area (Å²) in [7, 11) is 1.60. The van der Waals surface area contributed by atoms with E-state index in [9.17, 15) is 14.0 Å². The first-order chi connectivity index (χ1) is 14.5. The molecule has 7 heteroatoms. The number of likely N-dealkylation sites (tertiary alicyclic amines) is 1. The molecule has 1 atom stereocenters. The Balaban J connectivity index is 0.00000272. The quantitative estimate of drug-likeness (QED) is 0.549. The molecule has 3 aromatic rings. The van der Waals surface area contributed by atoms with Crippen molar-refractivity contribution in [2.45, 2.75) is 31.7 Å². The van der Waals surface area contributed by atoms with Gasteiger partial charge in [0, 0.05) is 35.0 Å². The summed E-state index contributed by atoms with van der Waals surface area (Å²) in [6.45, 7) is 1.75. The number of fused-ring (bicyclic) bond motifs is 1. The number of aromatic nitrogens is 1. The Bertz CT molecular complexity index is 1110. The fourth-order valence-corrected chi connectivity index (χ4v) is 4.26. The summed E-state index contributed by atoms with van der Waals surface area (Å²) in [5.74, 6) is 0.256. The van der Waals surface area contributed by atoms with Crippen LogP contribution in [0.25, 0.3) is 10.9 Å². The van der Waals surface area contributed by atoms with Gasteiger partial charge in [0.25, 0.3) is 0 Å². The number of nitrogens with zero attached hydrogens (tertiary/aromatic N) is 1. The highest BCUT2D eigenvalue weighted by Gasteiger charge is 2.27. The smallest absolute Gasteiger partial charge is 0.248 e. The molecule has 1 aliphatic heterocycles. The Hall–Kier alpha value is -2.70. The number of benzene rings is 2. The molecule has 0 amide bonds. The van der Waals surface area contributed by atoms with Gasteiger partial charge in [0.15, 0.2) is 5.78 Å². The van der Waals surface area contributed by atoms with Gasteiger partial charge in [0.2, 0.25) is 5.56 Å². The molecule has 0 spiro atoms. The van der Waals surface area contributed by atoms with Gasteiger partial charge in [-0.2, -0.15) is 0 Å². The first-order valence-corrected chi connectivity index (χ1v) is 10.3. The van der Waals surface area contributed by atoms with Gasteiger partial charge in [0.05, 0.1) is 7.11 Å². The summed E-state index contributed by atoms with van der Waals surface area (Å²) in [6.07, 6.45) is 3.51. The standard InChI is InChI=1S/C24H25FN2O3.ClH/c1-30-18-9-10-21-19(13-18)20(14-24(29)26-21)22(27-11-3-2-4-12-27)15-23(28)16-5-7-17(25)8-6-16;/h5-10,13-14,22H,2-4,11-12,15H2,1H3,(H,26,29);1H. The zero-order chi connectivity index (χ0) is 21.1. The molecule has 1 aliphatic rings. The van der Waals surface area contributed by atoms with E-state index in [1.165, 1.54) is 30.7 Å². The van der Waals surface area contributed by atoms with Gasteiger partial charge in [-0.1, -0.05) is 6.42 Å². The third-order valence-electron chi connectivity index (χ3n) is 5.82. The molecule has 1 unspecified atom stereocenters. The summed E-state index contributed by atoms with van der Waals surface area (Å²) >= 11 is 0. The van der Waals surface area contributed by atoms with Crippen molar-refractivity contribution in [2.75, 3.05) is 20.2 Å². The van der Waals surface area contributed by atoms with Crippen molar-refractivity contribution < 1.29 is 13.9 Å². The Kier molecular flexibility index (Phi) is 7.46. The lowest BCUT2D eigenvalue weighted by Gasteiger charge is -2.35. The first-order valence-electron chi connectivity index (χ1n) is 10.3. The molecule has 4 rings (SSSR count). The van der Waals surface area contributed by atoms with Crippen molar-refractivity contribution >= 4 is 29.1 Å². The molecule has 2 heterocycles. The molecular formula is C24H26ClFN2O3. The Labute approximate surface area is 186 Å². The normalized spacial score (nSPS) is 15.3. The van der Waals surface area contributed by atoms with Gasteiger partial charge in [-0.25, -0.2) is 4.39 Å². The fraction of sp³-hybridized carbons (Fsp3) is 0.333. The molecule has 1 fully saturated rings. The van der Waals surface area contributed by atoms with E-state index in [1.54, 1.807) is 13.2 Å². The molecule has 0 radical (unpaired) electrons. The SMILES string of the molecule is COc1ccc2[nH]c(=O)cc(C(CC(=O)c3ccc(F)cc3)N3CCCCC3)c2c1.Cl. The van der Waals surface area contributed by atoms with Gasteiger partial charge < -0.3 is 9.72 Å². The second-order valence-electron chi connectivity index (χ2n) is 7.75. The van der Waals surface area contributed by atoms with Gasteiger partial charge >= 0.3 is 0 Å². The summed E-state index contributed by atoms with van der Waals surface area (Å²) in [4.78, 5) is 30.6. The van der Waals surface area contributed by atoms with E-state index >= 15 is 0 Å². The number of aromatic amines is 1. The minimum absolute atomic E-state index is 0. The number of pyridine rings is 1. The van der Waals surface area contributed by atoms with E-state index in [0.29, 0.717) is 11.3 Å².